The van der Waals surface area contributed by atoms with Gasteiger partial charge in [0.2, 0.25) is 0 Å². The highest BCUT2D eigenvalue weighted by Crippen LogP contribution is 2.33. The normalized spacial score (nSPS) is 20.2. The van der Waals surface area contributed by atoms with Gasteiger partial charge in [0.05, 0.1) is 17.7 Å². The minimum atomic E-state index is -0.671. The van der Waals surface area contributed by atoms with Gasteiger partial charge in [-0.1, -0.05) is 12.1 Å². The summed E-state index contributed by atoms with van der Waals surface area (Å²) in [7, 11) is 0. The Balaban J connectivity index is 1.86. The number of rotatable bonds is 3. The fraction of sp³-hybridized carbons (Fsp3) is 0.235. The van der Waals surface area contributed by atoms with Gasteiger partial charge in [-0.2, -0.15) is 0 Å². The van der Waals surface area contributed by atoms with Crippen molar-refractivity contribution >= 4 is 11.8 Å². The van der Waals surface area contributed by atoms with Crippen molar-refractivity contribution in [2.24, 2.45) is 5.73 Å². The Bertz CT molecular complexity index is 762. The van der Waals surface area contributed by atoms with Crippen LogP contribution in [0.1, 0.15) is 38.9 Å². The molecule has 0 aliphatic carbocycles. The standard InChI is InChI=1S/C17H16FN3O3/c18-12-4-1-10(2-5-12)15-7-13(22)9-21(15)17(24)11-3-6-14(16(19)23)20-8-11/h1-6,8,13,15,22H,7,9H2,(H2,19,23)/t13-,15+/m0/s1. The number of hydrogen-bond donors (Lipinski definition) is 2. The molecule has 2 aromatic rings. The monoisotopic (exact) mass is 329 g/mol. The van der Waals surface area contributed by atoms with Crippen LogP contribution in [-0.2, 0) is 0 Å². The van der Waals surface area contributed by atoms with Crippen molar-refractivity contribution in [2.45, 2.75) is 18.6 Å². The molecule has 1 aromatic carbocycles. The zero-order valence-electron chi connectivity index (χ0n) is 12.7. The molecule has 1 aliphatic rings. The summed E-state index contributed by atoms with van der Waals surface area (Å²) in [6.07, 6.45) is 1.01. The lowest BCUT2D eigenvalue weighted by atomic mass is 10.0. The van der Waals surface area contributed by atoms with Gasteiger partial charge in [-0.15, -0.1) is 0 Å². The second-order valence-electron chi connectivity index (χ2n) is 5.71. The third-order valence-electron chi connectivity index (χ3n) is 4.06. The summed E-state index contributed by atoms with van der Waals surface area (Å²) >= 11 is 0. The molecular formula is C17H16FN3O3. The third kappa shape index (κ3) is 3.11. The molecule has 2 heterocycles. The Morgan fingerprint density at radius 3 is 2.50 bits per heavy atom. The average Bonchev–Trinajstić information content (AvgIpc) is 2.96. The van der Waals surface area contributed by atoms with E-state index in [1.54, 1.807) is 12.1 Å². The van der Waals surface area contributed by atoms with Crippen LogP contribution in [0.2, 0.25) is 0 Å². The lowest BCUT2D eigenvalue weighted by Gasteiger charge is -2.24. The highest BCUT2D eigenvalue weighted by atomic mass is 19.1. The Kier molecular flexibility index (Phi) is 4.26. The number of benzene rings is 1. The molecule has 124 valence electrons. The van der Waals surface area contributed by atoms with Crippen LogP contribution < -0.4 is 5.73 Å². The van der Waals surface area contributed by atoms with Gasteiger partial charge in [-0.3, -0.25) is 14.6 Å². The van der Waals surface area contributed by atoms with E-state index in [0.717, 1.165) is 5.56 Å². The number of nitrogens with two attached hydrogens (primary N) is 1. The first-order valence-corrected chi connectivity index (χ1v) is 7.46. The van der Waals surface area contributed by atoms with E-state index in [2.05, 4.69) is 4.98 Å². The number of amides is 2. The number of pyridine rings is 1. The molecule has 24 heavy (non-hydrogen) atoms. The van der Waals surface area contributed by atoms with Crippen LogP contribution in [-0.4, -0.2) is 39.5 Å². The van der Waals surface area contributed by atoms with Crippen molar-refractivity contribution in [1.82, 2.24) is 9.88 Å². The van der Waals surface area contributed by atoms with Crippen molar-refractivity contribution in [3.63, 3.8) is 0 Å². The van der Waals surface area contributed by atoms with E-state index >= 15 is 0 Å². The minimum Gasteiger partial charge on any atom is -0.391 e. The summed E-state index contributed by atoms with van der Waals surface area (Å²) < 4.78 is 13.1. The van der Waals surface area contributed by atoms with E-state index < -0.39 is 12.0 Å². The largest absolute Gasteiger partial charge is 0.391 e. The number of nitrogens with zero attached hydrogens (tertiary/aromatic N) is 2. The summed E-state index contributed by atoms with van der Waals surface area (Å²) in [5.74, 6) is -1.35. The molecule has 6 nitrogen and oxygen atoms in total. The van der Waals surface area contributed by atoms with Crippen LogP contribution in [0.4, 0.5) is 4.39 Å². The van der Waals surface area contributed by atoms with Crippen molar-refractivity contribution in [3.8, 4) is 0 Å². The van der Waals surface area contributed by atoms with Crippen LogP contribution in [0, 0.1) is 5.82 Å². The molecule has 1 fully saturated rings. The third-order valence-corrected chi connectivity index (χ3v) is 4.06. The minimum absolute atomic E-state index is 0.0723. The van der Waals surface area contributed by atoms with Gasteiger partial charge in [-0.25, -0.2) is 4.39 Å². The molecule has 0 radical (unpaired) electrons. The number of β-amino-alcohol motifs (C(OH)–C–C–N with tert-alkyl or cyclic N) is 1. The number of aliphatic hydroxyl groups excluding tert-OH is 1. The summed E-state index contributed by atoms with van der Waals surface area (Å²) in [5.41, 5.74) is 6.25. The Morgan fingerprint density at radius 2 is 1.92 bits per heavy atom. The van der Waals surface area contributed by atoms with E-state index in [-0.39, 0.29) is 30.0 Å². The first-order chi connectivity index (χ1) is 11.5. The molecule has 1 saturated heterocycles. The number of likely N-dealkylation sites (tertiary alicyclic amines) is 1. The topological polar surface area (TPSA) is 96.5 Å². The average molecular weight is 329 g/mol. The van der Waals surface area contributed by atoms with E-state index in [1.807, 2.05) is 0 Å². The van der Waals surface area contributed by atoms with Crippen LogP contribution >= 0.6 is 0 Å². The Hall–Kier alpha value is -2.80. The molecule has 1 aromatic heterocycles. The van der Waals surface area contributed by atoms with Crippen molar-refractivity contribution in [3.05, 3.63) is 65.2 Å². The summed E-state index contributed by atoms with van der Waals surface area (Å²) in [4.78, 5) is 29.1. The van der Waals surface area contributed by atoms with Crippen LogP contribution in [0.15, 0.2) is 42.6 Å². The number of carbonyl (C=O) groups excluding carboxylic acids is 2. The fourth-order valence-electron chi connectivity index (χ4n) is 2.87. The van der Waals surface area contributed by atoms with Crippen molar-refractivity contribution in [1.29, 1.82) is 0 Å². The Morgan fingerprint density at radius 1 is 1.21 bits per heavy atom. The lowest BCUT2D eigenvalue weighted by molar-refractivity contribution is 0.0715. The molecule has 0 spiro atoms. The number of aromatic nitrogens is 1. The SMILES string of the molecule is NC(=O)c1ccc(C(=O)N2C[C@@H](O)C[C@@H]2c2ccc(F)cc2)cn1. The van der Waals surface area contributed by atoms with Gasteiger partial charge in [0, 0.05) is 12.7 Å². The Labute approximate surface area is 137 Å². The molecule has 0 bridgehead atoms. The fourth-order valence-corrected chi connectivity index (χ4v) is 2.87. The van der Waals surface area contributed by atoms with Crippen LogP contribution in [0.5, 0.6) is 0 Å². The van der Waals surface area contributed by atoms with Gasteiger partial charge in [0.25, 0.3) is 11.8 Å². The molecular weight excluding hydrogens is 313 g/mol. The molecule has 0 unspecified atom stereocenters. The van der Waals surface area contributed by atoms with Gasteiger partial charge >= 0.3 is 0 Å². The molecule has 2 amide bonds. The van der Waals surface area contributed by atoms with E-state index in [1.165, 1.54) is 35.4 Å². The summed E-state index contributed by atoms with van der Waals surface area (Å²) in [5, 5.41) is 9.95. The quantitative estimate of drug-likeness (QED) is 0.886. The molecule has 3 N–H and O–H groups in total. The van der Waals surface area contributed by atoms with Gasteiger partial charge in [-0.05, 0) is 36.2 Å². The van der Waals surface area contributed by atoms with E-state index in [0.29, 0.717) is 12.0 Å². The number of carbonyl (C=O) groups is 2. The van der Waals surface area contributed by atoms with E-state index in [9.17, 15) is 19.1 Å². The van der Waals surface area contributed by atoms with Gasteiger partial charge in [0.15, 0.2) is 0 Å². The van der Waals surface area contributed by atoms with Crippen molar-refractivity contribution in [2.75, 3.05) is 6.54 Å². The number of hydrogen-bond acceptors (Lipinski definition) is 4. The highest BCUT2D eigenvalue weighted by Gasteiger charge is 2.35. The molecule has 3 rings (SSSR count). The molecule has 7 heteroatoms. The maximum absolute atomic E-state index is 13.1. The maximum atomic E-state index is 13.1. The second-order valence-corrected chi connectivity index (χ2v) is 5.71. The van der Waals surface area contributed by atoms with Gasteiger partial charge in [0.1, 0.15) is 11.5 Å². The molecule has 0 saturated carbocycles. The van der Waals surface area contributed by atoms with Crippen LogP contribution in [0.3, 0.4) is 0 Å². The summed E-state index contributed by atoms with van der Waals surface area (Å²) in [6, 6.07) is 8.37. The summed E-state index contributed by atoms with van der Waals surface area (Å²) in [6.45, 7) is 0.179. The zero-order valence-corrected chi connectivity index (χ0v) is 12.7. The van der Waals surface area contributed by atoms with Gasteiger partial charge < -0.3 is 15.7 Å². The number of aliphatic hydroxyl groups is 1. The number of primary amides is 1. The highest BCUT2D eigenvalue weighted by molar-refractivity contribution is 5.96. The van der Waals surface area contributed by atoms with Crippen LogP contribution in [0.25, 0.3) is 0 Å². The smallest absolute Gasteiger partial charge is 0.267 e. The molecule has 1 aliphatic heterocycles. The maximum Gasteiger partial charge on any atom is 0.267 e. The predicted octanol–water partition coefficient (Wildman–Crippen LogP) is 1.27. The zero-order chi connectivity index (χ0) is 17.3. The first-order valence-electron chi connectivity index (χ1n) is 7.46. The predicted molar refractivity (Wildman–Crippen MR) is 83.6 cm³/mol. The van der Waals surface area contributed by atoms with E-state index in [4.69, 9.17) is 5.73 Å². The lowest BCUT2D eigenvalue weighted by Crippen LogP contribution is -2.32. The molecule has 2 atom stereocenters. The first kappa shape index (κ1) is 16.1. The second kappa shape index (κ2) is 6.37. The van der Waals surface area contributed by atoms with Crippen molar-refractivity contribution < 1.29 is 19.1 Å². The number of halogens is 1.